The summed E-state index contributed by atoms with van der Waals surface area (Å²) in [5, 5.41) is 41.2. The average Bonchev–Trinajstić information content (AvgIpc) is 2.73. The van der Waals surface area contributed by atoms with E-state index < -0.39 is 0 Å². The fourth-order valence-electron chi connectivity index (χ4n) is 4.18. The van der Waals surface area contributed by atoms with Gasteiger partial charge in [-0.1, -0.05) is 75.8 Å². The van der Waals surface area contributed by atoms with Gasteiger partial charge in [-0.2, -0.15) is 73.8 Å². The van der Waals surface area contributed by atoms with Crippen molar-refractivity contribution in [2.24, 2.45) is 0 Å². The van der Waals surface area contributed by atoms with Gasteiger partial charge >= 0.3 is 0 Å². The first kappa shape index (κ1) is 29.9. The molecule has 1 heterocycles. The van der Waals surface area contributed by atoms with E-state index in [4.69, 9.17) is 32.1 Å². The summed E-state index contributed by atoms with van der Waals surface area (Å²) < 4.78 is 0. The monoisotopic (exact) mass is 489 g/mol. The first-order valence-corrected chi connectivity index (χ1v) is 11.4. The molecule has 173 valence electrons. The minimum atomic E-state index is 0. The maximum absolute atomic E-state index is 7.13. The van der Waals surface area contributed by atoms with Crippen LogP contribution in [0.3, 0.4) is 0 Å². The molecule has 30 heavy (non-hydrogen) atoms. The van der Waals surface area contributed by atoms with Crippen LogP contribution < -0.4 is 0 Å². The zero-order chi connectivity index (χ0) is 21.2. The summed E-state index contributed by atoms with van der Waals surface area (Å²) >= 11 is 7.40. The minimum Gasteiger partial charge on any atom is -0.753 e. The molecule has 2 aliphatic carbocycles. The molecule has 10 heteroatoms. The van der Waals surface area contributed by atoms with Gasteiger partial charge in [-0.3, -0.25) is 0 Å². The predicted molar refractivity (Wildman–Crippen MR) is 130 cm³/mol. The van der Waals surface area contributed by atoms with Crippen molar-refractivity contribution in [3.63, 3.8) is 0 Å². The molecule has 2 saturated carbocycles. The number of thiocarbonyl (C=S) groups is 2. The Morgan fingerprint density at radius 3 is 1.03 bits per heavy atom. The zero-order valence-corrected chi connectivity index (χ0v) is 20.3. The Morgan fingerprint density at radius 1 is 0.533 bits per heavy atom. The maximum Gasteiger partial charge on any atom is 0 e. The molecule has 0 N–H and O–H groups in total. The van der Waals surface area contributed by atoms with Crippen molar-refractivity contribution >= 4 is 34.8 Å². The Bertz CT molecular complexity index is 444. The topological polar surface area (TPSA) is 115 Å². The summed E-state index contributed by atoms with van der Waals surface area (Å²) in [5.74, 6) is 0. The summed E-state index contributed by atoms with van der Waals surface area (Å²) in [6, 6.07) is 1.76. The van der Waals surface area contributed by atoms with Crippen LogP contribution in [0.4, 0.5) is 0 Å². The van der Waals surface area contributed by atoms with Crippen LogP contribution in [0.2, 0.25) is 0 Å². The molecule has 0 aromatic rings. The second-order valence-electron chi connectivity index (χ2n) is 7.32. The van der Waals surface area contributed by atoms with E-state index in [9.17, 15) is 0 Å². The van der Waals surface area contributed by atoms with Crippen LogP contribution in [0.1, 0.15) is 51.4 Å². The second kappa shape index (κ2) is 20.8. The number of nitrogens with zero attached hydrogens (tertiary/aromatic N) is 7. The third kappa shape index (κ3) is 13.4. The molecular weight excluding hydrogens is 457 g/mol. The first-order chi connectivity index (χ1) is 14.3. The summed E-state index contributed by atoms with van der Waals surface area (Å²) in [4.78, 5) is 0. The van der Waals surface area contributed by atoms with Gasteiger partial charge in [0, 0.05) is 17.1 Å². The van der Waals surface area contributed by atoms with E-state index in [1.54, 1.807) is 0 Å². The van der Waals surface area contributed by atoms with Crippen molar-refractivity contribution < 1.29 is 17.1 Å². The largest absolute Gasteiger partial charge is 0.753 e. The van der Waals surface area contributed by atoms with Gasteiger partial charge in [0.25, 0.3) is 0 Å². The SMILES string of the molecule is C1CCC2[N-]CC[N-][C@@H]3CCCC[C@H]3[N-]CC[N-]CC[N-]C2C1.[Mn].[N-]=C=S.[N-]=C=S. The minimum absolute atomic E-state index is 0. The van der Waals surface area contributed by atoms with Crippen molar-refractivity contribution in [3.8, 4) is 0 Å². The smallest absolute Gasteiger partial charge is 0 e. The van der Waals surface area contributed by atoms with Gasteiger partial charge in [-0.05, 0) is 0 Å². The summed E-state index contributed by atoms with van der Waals surface area (Å²) in [6.07, 6.45) is 10.1. The fourth-order valence-corrected chi connectivity index (χ4v) is 4.18. The molecule has 7 nitrogen and oxygen atoms in total. The third-order valence-electron chi connectivity index (χ3n) is 5.46. The summed E-state index contributed by atoms with van der Waals surface area (Å²) in [6.45, 7) is 5.21. The molecule has 0 bridgehead atoms. The molecule has 2 unspecified atom stereocenters. The van der Waals surface area contributed by atoms with Gasteiger partial charge in [-0.15, -0.1) is 0 Å². The number of fused-ring (bicyclic) bond motifs is 2. The van der Waals surface area contributed by atoms with Crippen molar-refractivity contribution in [2.75, 3.05) is 39.3 Å². The van der Waals surface area contributed by atoms with E-state index in [2.05, 4.69) is 29.8 Å². The Morgan fingerprint density at radius 2 is 0.767 bits per heavy atom. The van der Waals surface area contributed by atoms with Gasteiger partial charge in [0.2, 0.25) is 0 Å². The predicted octanol–water partition coefficient (Wildman–Crippen LogP) is 5.81. The van der Waals surface area contributed by atoms with Crippen molar-refractivity contribution in [1.82, 2.24) is 0 Å². The van der Waals surface area contributed by atoms with E-state index in [0.717, 1.165) is 39.3 Å². The Labute approximate surface area is 203 Å². The maximum atomic E-state index is 7.13. The first-order valence-electron chi connectivity index (χ1n) is 10.6. The molecule has 0 aromatic heterocycles. The van der Waals surface area contributed by atoms with Gasteiger partial charge < -0.3 is 37.4 Å². The molecule has 0 aromatic carbocycles. The van der Waals surface area contributed by atoms with Gasteiger partial charge in [-0.25, -0.2) is 0 Å². The molecule has 1 radical (unpaired) electrons. The molecule has 3 rings (SSSR count). The normalized spacial score (nSPS) is 30.1. The van der Waals surface area contributed by atoms with Crippen LogP contribution in [-0.4, -0.2) is 73.8 Å². The molecule has 3 fully saturated rings. The van der Waals surface area contributed by atoms with Crippen LogP contribution in [0, 0.1) is 0 Å². The van der Waals surface area contributed by atoms with E-state index in [-0.39, 0.29) is 17.1 Å². The standard InChI is InChI=1S/C18H32N5.2CNS.Mn/c1-3-7-17-15(5-1)20-11-9-19-10-12-21-16-6-2-4-8-18(16)23-14-13-22-17;2*2-1-3;/h15-18H,1-14H2;;;/q-5;2*-1;/t15-,16?,17-,18?;;;/m1.../s1. The molecule has 1 saturated heterocycles. The molecule has 0 amide bonds. The van der Waals surface area contributed by atoms with Crippen LogP contribution >= 0.6 is 24.4 Å². The van der Waals surface area contributed by atoms with Gasteiger partial charge in [0.05, 0.1) is 0 Å². The Balaban J connectivity index is 0.00000108. The van der Waals surface area contributed by atoms with E-state index in [1.165, 1.54) is 61.7 Å². The van der Waals surface area contributed by atoms with E-state index in [1.807, 2.05) is 0 Å². The van der Waals surface area contributed by atoms with Crippen molar-refractivity contribution in [3.05, 3.63) is 37.4 Å². The molecule has 3 aliphatic rings. The molecular formula is C20H32MnN7S2-7. The van der Waals surface area contributed by atoms with Crippen molar-refractivity contribution in [2.45, 2.75) is 75.5 Å². The summed E-state index contributed by atoms with van der Waals surface area (Å²) in [5.41, 5.74) is 0. The fraction of sp³-hybridized carbons (Fsp3) is 0.900. The van der Waals surface area contributed by atoms with Crippen LogP contribution in [0.15, 0.2) is 0 Å². The average molecular weight is 490 g/mol. The van der Waals surface area contributed by atoms with Gasteiger partial charge in [0.1, 0.15) is 0 Å². The quantitative estimate of drug-likeness (QED) is 0.243. The summed E-state index contributed by atoms with van der Waals surface area (Å²) in [7, 11) is 0. The second-order valence-corrected chi connectivity index (χ2v) is 7.68. The Hall–Kier alpha value is -0.0805. The Kier molecular flexibility index (Phi) is 20.7. The number of hydrogen-bond donors (Lipinski definition) is 0. The van der Waals surface area contributed by atoms with E-state index in [0.29, 0.717) is 24.2 Å². The van der Waals surface area contributed by atoms with Crippen LogP contribution in [-0.2, 0) is 17.1 Å². The van der Waals surface area contributed by atoms with Crippen molar-refractivity contribution in [1.29, 1.82) is 0 Å². The number of hydrogen-bond acceptors (Lipinski definition) is 2. The molecule has 0 spiro atoms. The number of isothiocyanates is 2. The van der Waals surface area contributed by atoms with Crippen LogP contribution in [0.25, 0.3) is 37.4 Å². The number of rotatable bonds is 0. The van der Waals surface area contributed by atoms with E-state index >= 15 is 0 Å². The zero-order valence-electron chi connectivity index (χ0n) is 17.5. The molecule has 1 aliphatic heterocycles. The third-order valence-corrected chi connectivity index (χ3v) is 5.46. The van der Waals surface area contributed by atoms with Crippen LogP contribution in [0.5, 0.6) is 0 Å². The molecule has 4 atom stereocenters. The van der Waals surface area contributed by atoms with Gasteiger partial charge in [0.15, 0.2) is 0 Å².